The molecule has 1 saturated carbocycles. The monoisotopic (exact) mass is 461 g/mol. The summed E-state index contributed by atoms with van der Waals surface area (Å²) in [6, 6.07) is 19.8. The number of carbonyl (C=O) groups excluding carboxylic acids is 1. The van der Waals surface area contributed by atoms with Crippen molar-refractivity contribution in [3.8, 4) is 6.07 Å². The number of cyclic esters (lactones) is 1. The second-order valence-electron chi connectivity index (χ2n) is 9.94. The largest absolute Gasteiger partial charge is 0.448 e. The van der Waals surface area contributed by atoms with Gasteiger partial charge in [-0.2, -0.15) is 5.26 Å². The topological polar surface area (TPSA) is 56.6 Å². The first-order valence-electron chi connectivity index (χ1n) is 12.5. The van der Waals surface area contributed by atoms with E-state index in [1.807, 2.05) is 17.0 Å². The molecule has 3 fully saturated rings. The van der Waals surface area contributed by atoms with Gasteiger partial charge in [0.05, 0.1) is 18.0 Å². The van der Waals surface area contributed by atoms with E-state index in [2.05, 4.69) is 35.2 Å². The number of piperidine rings is 1. The van der Waals surface area contributed by atoms with Gasteiger partial charge in [0.2, 0.25) is 0 Å². The molecule has 0 radical (unpaired) electrons. The lowest BCUT2D eigenvalue weighted by atomic mass is 9.59. The van der Waals surface area contributed by atoms with Crippen molar-refractivity contribution in [2.75, 3.05) is 26.2 Å². The van der Waals surface area contributed by atoms with Gasteiger partial charge in [0.25, 0.3) is 0 Å². The van der Waals surface area contributed by atoms with Gasteiger partial charge in [-0.15, -0.1) is 0 Å². The number of amides is 1. The van der Waals surface area contributed by atoms with Crippen LogP contribution in [0.1, 0.15) is 43.2 Å². The average molecular weight is 462 g/mol. The van der Waals surface area contributed by atoms with Gasteiger partial charge in [-0.1, -0.05) is 48.9 Å². The Morgan fingerprint density at radius 3 is 2.50 bits per heavy atom. The number of likely N-dealkylation sites (tertiary alicyclic amines) is 1. The smallest absolute Gasteiger partial charge is 0.410 e. The Bertz CT molecular complexity index is 1050. The molecule has 5 rings (SSSR count). The normalized spacial score (nSPS) is 25.6. The molecule has 178 valence electrons. The number of halogens is 1. The molecule has 2 saturated heterocycles. The highest BCUT2D eigenvalue weighted by Crippen LogP contribution is 2.51. The van der Waals surface area contributed by atoms with Crippen LogP contribution in [0.2, 0.25) is 0 Å². The van der Waals surface area contributed by atoms with Crippen LogP contribution in [0, 0.1) is 29.0 Å². The molecule has 0 bridgehead atoms. The highest BCUT2D eigenvalue weighted by molar-refractivity contribution is 5.70. The molecule has 0 unspecified atom stereocenters. The van der Waals surface area contributed by atoms with Crippen molar-refractivity contribution < 1.29 is 13.9 Å². The number of hydrogen-bond acceptors (Lipinski definition) is 4. The van der Waals surface area contributed by atoms with Gasteiger partial charge in [0.1, 0.15) is 12.4 Å². The van der Waals surface area contributed by atoms with Crippen LogP contribution in [0.25, 0.3) is 0 Å². The molecule has 2 aliphatic heterocycles. The zero-order valence-corrected chi connectivity index (χ0v) is 19.5. The van der Waals surface area contributed by atoms with E-state index in [-0.39, 0.29) is 29.8 Å². The molecule has 1 amide bonds. The lowest BCUT2D eigenvalue weighted by molar-refractivity contribution is 0.0818. The second kappa shape index (κ2) is 9.76. The fourth-order valence-electron chi connectivity index (χ4n) is 6.68. The van der Waals surface area contributed by atoms with Gasteiger partial charge in [-0.25, -0.2) is 9.18 Å². The highest BCUT2D eigenvalue weighted by Gasteiger charge is 2.54. The van der Waals surface area contributed by atoms with Crippen molar-refractivity contribution in [1.82, 2.24) is 9.80 Å². The zero-order chi connectivity index (χ0) is 23.5. The molecule has 1 aliphatic carbocycles. The Morgan fingerprint density at radius 2 is 1.82 bits per heavy atom. The number of rotatable bonds is 6. The molecule has 5 nitrogen and oxygen atoms in total. The lowest BCUT2D eigenvalue weighted by Crippen LogP contribution is -2.52. The SMILES string of the molecule is N#C[C@@](c1cccc(F)c1)(C1CCN(Cc2ccccc2)CC1)[C@H]1CCC[C@@H]1N1CCOC1=O. The summed E-state index contributed by atoms with van der Waals surface area (Å²) < 4.78 is 19.7. The second-order valence-corrected chi connectivity index (χ2v) is 9.94. The van der Waals surface area contributed by atoms with Crippen molar-refractivity contribution in [3.05, 3.63) is 71.5 Å². The van der Waals surface area contributed by atoms with E-state index in [0.29, 0.717) is 13.2 Å². The summed E-state index contributed by atoms with van der Waals surface area (Å²) in [6.45, 7) is 3.68. The van der Waals surface area contributed by atoms with Crippen molar-refractivity contribution in [3.63, 3.8) is 0 Å². The summed E-state index contributed by atoms with van der Waals surface area (Å²) in [5.74, 6) is -0.236. The van der Waals surface area contributed by atoms with Gasteiger partial charge in [0, 0.05) is 18.5 Å². The first-order chi connectivity index (χ1) is 16.6. The Hall–Kier alpha value is -2.91. The third kappa shape index (κ3) is 4.18. The molecule has 3 atom stereocenters. The maximum atomic E-state index is 14.5. The maximum absolute atomic E-state index is 14.5. The summed E-state index contributed by atoms with van der Waals surface area (Å²) >= 11 is 0. The fraction of sp³-hybridized carbons (Fsp3) is 0.500. The van der Waals surface area contributed by atoms with E-state index < -0.39 is 5.41 Å². The third-order valence-electron chi connectivity index (χ3n) is 8.22. The number of carbonyl (C=O) groups is 1. The summed E-state index contributed by atoms with van der Waals surface area (Å²) in [5, 5.41) is 10.8. The summed E-state index contributed by atoms with van der Waals surface area (Å²) in [5.41, 5.74) is 1.23. The minimum absolute atomic E-state index is 0.0318. The highest BCUT2D eigenvalue weighted by atomic mass is 19.1. The first-order valence-corrected chi connectivity index (χ1v) is 12.5. The van der Waals surface area contributed by atoms with Crippen LogP contribution in [0.4, 0.5) is 9.18 Å². The van der Waals surface area contributed by atoms with E-state index in [0.717, 1.165) is 57.3 Å². The number of ether oxygens (including phenoxy) is 1. The van der Waals surface area contributed by atoms with E-state index in [4.69, 9.17) is 4.74 Å². The summed E-state index contributed by atoms with van der Waals surface area (Å²) in [7, 11) is 0. The van der Waals surface area contributed by atoms with Crippen LogP contribution in [0.3, 0.4) is 0 Å². The predicted molar refractivity (Wildman–Crippen MR) is 127 cm³/mol. The van der Waals surface area contributed by atoms with Crippen LogP contribution in [0.5, 0.6) is 0 Å². The fourth-order valence-corrected chi connectivity index (χ4v) is 6.68. The molecule has 34 heavy (non-hydrogen) atoms. The van der Waals surface area contributed by atoms with Gasteiger partial charge < -0.3 is 9.64 Å². The Kier molecular flexibility index (Phi) is 6.56. The third-order valence-corrected chi connectivity index (χ3v) is 8.22. The van der Waals surface area contributed by atoms with Crippen LogP contribution in [-0.2, 0) is 16.7 Å². The molecule has 2 aromatic rings. The molecule has 6 heteroatoms. The minimum Gasteiger partial charge on any atom is -0.448 e. The lowest BCUT2D eigenvalue weighted by Gasteiger charge is -2.47. The van der Waals surface area contributed by atoms with Gasteiger partial charge >= 0.3 is 6.09 Å². The van der Waals surface area contributed by atoms with E-state index in [1.54, 1.807) is 12.1 Å². The van der Waals surface area contributed by atoms with Gasteiger partial charge in [-0.05, 0) is 68.0 Å². The molecule has 2 aromatic carbocycles. The van der Waals surface area contributed by atoms with Gasteiger partial charge in [0.15, 0.2) is 0 Å². The van der Waals surface area contributed by atoms with Crippen LogP contribution in [-0.4, -0.2) is 48.2 Å². The van der Waals surface area contributed by atoms with E-state index >= 15 is 0 Å². The van der Waals surface area contributed by atoms with Crippen molar-refractivity contribution in [1.29, 1.82) is 5.26 Å². The molecule has 0 N–H and O–H groups in total. The van der Waals surface area contributed by atoms with Gasteiger partial charge in [-0.3, -0.25) is 4.90 Å². The standard InChI is InChI=1S/C28H32FN3O2/c29-24-9-4-8-23(18-24)28(20-30,25-10-5-11-26(25)32-16-17-34-27(32)33)22-12-14-31(15-13-22)19-21-6-2-1-3-7-21/h1-4,6-9,18,22,25-26H,5,10-17,19H2/t25-,26-,28-/m0/s1. The molecular formula is C28H32FN3O2. The predicted octanol–water partition coefficient (Wildman–Crippen LogP) is 5.12. The Labute approximate surface area is 201 Å². The summed E-state index contributed by atoms with van der Waals surface area (Å²) in [4.78, 5) is 16.7. The molecule has 0 spiro atoms. The maximum Gasteiger partial charge on any atom is 0.410 e. The summed E-state index contributed by atoms with van der Waals surface area (Å²) in [6.07, 6.45) is 4.18. The zero-order valence-electron chi connectivity index (χ0n) is 19.5. The number of nitrogens with zero attached hydrogens (tertiary/aromatic N) is 3. The number of nitriles is 1. The molecule has 3 aliphatic rings. The van der Waals surface area contributed by atoms with Crippen molar-refractivity contribution in [2.24, 2.45) is 11.8 Å². The van der Waals surface area contributed by atoms with E-state index in [1.165, 1.54) is 11.6 Å². The first kappa shape index (κ1) is 22.9. The molecular weight excluding hydrogens is 429 g/mol. The van der Waals surface area contributed by atoms with Crippen LogP contribution in [0.15, 0.2) is 54.6 Å². The van der Waals surface area contributed by atoms with Crippen molar-refractivity contribution in [2.45, 2.75) is 50.1 Å². The average Bonchev–Trinajstić information content (AvgIpc) is 3.51. The quantitative estimate of drug-likeness (QED) is 0.599. The number of hydrogen-bond donors (Lipinski definition) is 0. The minimum atomic E-state index is -0.828. The number of benzene rings is 2. The van der Waals surface area contributed by atoms with Crippen LogP contribution < -0.4 is 0 Å². The van der Waals surface area contributed by atoms with E-state index in [9.17, 15) is 14.4 Å². The Morgan fingerprint density at radius 1 is 1.03 bits per heavy atom. The molecule has 2 heterocycles. The molecule has 0 aromatic heterocycles. The van der Waals surface area contributed by atoms with Crippen molar-refractivity contribution >= 4 is 6.09 Å². The van der Waals surface area contributed by atoms with Crippen LogP contribution >= 0.6 is 0 Å². The Balaban J connectivity index is 1.44.